The number of hydrogen-bond donors (Lipinski definition) is 2. The zero-order chi connectivity index (χ0) is 13.1. The fourth-order valence-electron chi connectivity index (χ4n) is 1.67. The van der Waals surface area contributed by atoms with Crippen LogP contribution in [-0.2, 0) is 0 Å². The van der Waals surface area contributed by atoms with Crippen molar-refractivity contribution in [3.8, 4) is 6.07 Å². The lowest BCUT2D eigenvalue weighted by molar-refractivity contribution is 1.28. The Hall–Kier alpha value is -2.54. The molecule has 0 aliphatic heterocycles. The van der Waals surface area contributed by atoms with Crippen LogP contribution in [0.25, 0.3) is 0 Å². The number of anilines is 3. The summed E-state index contributed by atoms with van der Waals surface area (Å²) < 4.78 is 0. The lowest BCUT2D eigenvalue weighted by Crippen LogP contribution is -2.02. The van der Waals surface area contributed by atoms with E-state index in [4.69, 9.17) is 11.0 Å². The van der Waals surface area contributed by atoms with Crippen molar-refractivity contribution in [2.75, 3.05) is 11.1 Å². The number of pyridine rings is 1. The van der Waals surface area contributed by atoms with Crippen LogP contribution in [0.5, 0.6) is 0 Å². The number of aryl methyl sites for hydroxylation is 2. The second kappa shape index (κ2) is 4.76. The van der Waals surface area contributed by atoms with Gasteiger partial charge < -0.3 is 11.1 Å². The van der Waals surface area contributed by atoms with Gasteiger partial charge in [0.05, 0.1) is 11.3 Å². The second-order valence-electron chi connectivity index (χ2n) is 4.18. The molecule has 0 atom stereocenters. The number of benzene rings is 1. The predicted octanol–water partition coefficient (Wildman–Crippen LogP) is 2.90. The number of nitrogen functional groups attached to an aromatic ring is 1. The van der Waals surface area contributed by atoms with Crippen molar-refractivity contribution in [2.45, 2.75) is 13.8 Å². The molecule has 2 aromatic rings. The molecule has 18 heavy (non-hydrogen) atoms. The molecule has 0 amide bonds. The highest BCUT2D eigenvalue weighted by molar-refractivity contribution is 5.74. The smallest absolute Gasteiger partial charge is 0.154 e. The summed E-state index contributed by atoms with van der Waals surface area (Å²) in [5.74, 6) is 0.516. The van der Waals surface area contributed by atoms with Crippen LogP contribution in [0.15, 0.2) is 30.5 Å². The molecule has 0 spiro atoms. The molecule has 0 aliphatic carbocycles. The van der Waals surface area contributed by atoms with Crippen LogP contribution < -0.4 is 11.1 Å². The predicted molar refractivity (Wildman–Crippen MR) is 72.6 cm³/mol. The van der Waals surface area contributed by atoms with Gasteiger partial charge in [0.25, 0.3) is 0 Å². The SMILES string of the molecule is Cc1ccc(C)c(Nc2nccc(C#N)c2N)c1. The van der Waals surface area contributed by atoms with Crippen LogP contribution in [-0.4, -0.2) is 4.98 Å². The molecule has 0 radical (unpaired) electrons. The summed E-state index contributed by atoms with van der Waals surface area (Å²) in [6.45, 7) is 4.03. The van der Waals surface area contributed by atoms with E-state index in [1.165, 1.54) is 0 Å². The highest BCUT2D eigenvalue weighted by atomic mass is 15.0. The van der Waals surface area contributed by atoms with E-state index >= 15 is 0 Å². The van der Waals surface area contributed by atoms with Crippen molar-refractivity contribution >= 4 is 17.2 Å². The van der Waals surface area contributed by atoms with E-state index in [9.17, 15) is 0 Å². The molecule has 0 saturated heterocycles. The number of nitrogens with one attached hydrogen (secondary N) is 1. The minimum absolute atomic E-state index is 0.376. The van der Waals surface area contributed by atoms with Gasteiger partial charge in [-0.3, -0.25) is 0 Å². The first-order chi connectivity index (χ1) is 8.61. The Labute approximate surface area is 106 Å². The number of nitriles is 1. The second-order valence-corrected chi connectivity index (χ2v) is 4.18. The van der Waals surface area contributed by atoms with E-state index in [-0.39, 0.29) is 0 Å². The van der Waals surface area contributed by atoms with Crippen molar-refractivity contribution < 1.29 is 0 Å². The van der Waals surface area contributed by atoms with Crippen molar-refractivity contribution in [2.24, 2.45) is 0 Å². The summed E-state index contributed by atoms with van der Waals surface area (Å²) >= 11 is 0. The van der Waals surface area contributed by atoms with Gasteiger partial charge in [0.2, 0.25) is 0 Å². The molecule has 0 saturated carbocycles. The maximum Gasteiger partial charge on any atom is 0.154 e. The number of aromatic nitrogens is 1. The molecular formula is C14H14N4. The first-order valence-electron chi connectivity index (χ1n) is 5.60. The Balaban J connectivity index is 2.41. The Morgan fingerprint density at radius 1 is 1.28 bits per heavy atom. The van der Waals surface area contributed by atoms with E-state index in [1.54, 1.807) is 12.3 Å². The monoisotopic (exact) mass is 238 g/mol. The minimum atomic E-state index is 0.376. The quantitative estimate of drug-likeness (QED) is 0.843. The summed E-state index contributed by atoms with van der Waals surface area (Å²) in [6.07, 6.45) is 1.57. The zero-order valence-electron chi connectivity index (χ0n) is 10.4. The number of rotatable bonds is 2. The summed E-state index contributed by atoms with van der Waals surface area (Å²) in [5, 5.41) is 12.1. The molecule has 3 N–H and O–H groups in total. The first kappa shape index (κ1) is 11.9. The summed E-state index contributed by atoms with van der Waals surface area (Å²) in [5.41, 5.74) is 9.89. The van der Waals surface area contributed by atoms with Crippen molar-refractivity contribution in [1.82, 2.24) is 4.98 Å². The molecule has 1 aromatic heterocycles. The molecule has 4 nitrogen and oxygen atoms in total. The van der Waals surface area contributed by atoms with Crippen molar-refractivity contribution in [3.05, 3.63) is 47.2 Å². The highest BCUT2D eigenvalue weighted by Crippen LogP contribution is 2.25. The van der Waals surface area contributed by atoms with Gasteiger partial charge in [-0.15, -0.1) is 0 Å². The third-order valence-corrected chi connectivity index (χ3v) is 2.76. The third kappa shape index (κ3) is 2.25. The summed E-state index contributed by atoms with van der Waals surface area (Å²) in [7, 11) is 0. The van der Waals surface area contributed by atoms with Gasteiger partial charge in [-0.1, -0.05) is 12.1 Å². The molecular weight excluding hydrogens is 224 g/mol. The van der Waals surface area contributed by atoms with E-state index < -0.39 is 0 Å². The summed E-state index contributed by atoms with van der Waals surface area (Å²) in [4.78, 5) is 4.17. The van der Waals surface area contributed by atoms with Gasteiger partial charge in [-0.05, 0) is 37.1 Å². The average Bonchev–Trinajstić information content (AvgIpc) is 2.36. The lowest BCUT2D eigenvalue weighted by atomic mass is 10.1. The fraction of sp³-hybridized carbons (Fsp3) is 0.143. The fourth-order valence-corrected chi connectivity index (χ4v) is 1.67. The Morgan fingerprint density at radius 3 is 2.78 bits per heavy atom. The Morgan fingerprint density at radius 2 is 2.06 bits per heavy atom. The van der Waals surface area contributed by atoms with Crippen LogP contribution in [0.3, 0.4) is 0 Å². The molecule has 1 heterocycles. The van der Waals surface area contributed by atoms with Crippen molar-refractivity contribution in [1.29, 1.82) is 5.26 Å². The molecule has 4 heteroatoms. The topological polar surface area (TPSA) is 74.7 Å². The van der Waals surface area contributed by atoms with Gasteiger partial charge in [0, 0.05) is 11.9 Å². The molecule has 0 fully saturated rings. The van der Waals surface area contributed by atoms with E-state index in [0.717, 1.165) is 16.8 Å². The molecule has 1 aromatic carbocycles. The van der Waals surface area contributed by atoms with Gasteiger partial charge in [0.1, 0.15) is 6.07 Å². The van der Waals surface area contributed by atoms with Crippen LogP contribution in [0, 0.1) is 25.2 Å². The standard InChI is InChI=1S/C14H14N4/c1-9-3-4-10(2)12(7-9)18-14-13(16)11(8-15)5-6-17-14/h3-7H,16H2,1-2H3,(H,17,18). The highest BCUT2D eigenvalue weighted by Gasteiger charge is 2.07. The van der Waals surface area contributed by atoms with Gasteiger partial charge >= 0.3 is 0 Å². The molecule has 0 bridgehead atoms. The van der Waals surface area contributed by atoms with E-state index in [1.807, 2.05) is 38.1 Å². The van der Waals surface area contributed by atoms with Crippen LogP contribution >= 0.6 is 0 Å². The van der Waals surface area contributed by atoms with E-state index in [2.05, 4.69) is 10.3 Å². The molecule has 2 rings (SSSR count). The maximum atomic E-state index is 8.92. The largest absolute Gasteiger partial charge is 0.395 e. The summed E-state index contributed by atoms with van der Waals surface area (Å²) in [6, 6.07) is 9.74. The maximum absolute atomic E-state index is 8.92. The van der Waals surface area contributed by atoms with E-state index in [0.29, 0.717) is 17.1 Å². The van der Waals surface area contributed by atoms with Gasteiger partial charge in [0.15, 0.2) is 5.82 Å². The lowest BCUT2D eigenvalue weighted by Gasteiger charge is -2.12. The van der Waals surface area contributed by atoms with Crippen LogP contribution in [0.4, 0.5) is 17.2 Å². The number of nitrogens with two attached hydrogens (primary N) is 1. The van der Waals surface area contributed by atoms with Gasteiger partial charge in [-0.2, -0.15) is 5.26 Å². The van der Waals surface area contributed by atoms with Gasteiger partial charge in [-0.25, -0.2) is 4.98 Å². The average molecular weight is 238 g/mol. The number of nitrogens with zero attached hydrogens (tertiary/aromatic N) is 2. The van der Waals surface area contributed by atoms with Crippen molar-refractivity contribution in [3.63, 3.8) is 0 Å². The molecule has 0 unspecified atom stereocenters. The Bertz CT molecular complexity index is 626. The van der Waals surface area contributed by atoms with Crippen LogP contribution in [0.2, 0.25) is 0 Å². The normalized spacial score (nSPS) is 9.83. The molecule has 90 valence electrons. The Kier molecular flexibility index (Phi) is 3.16. The zero-order valence-corrected chi connectivity index (χ0v) is 10.4. The molecule has 0 aliphatic rings. The third-order valence-electron chi connectivity index (χ3n) is 2.76. The minimum Gasteiger partial charge on any atom is -0.395 e. The van der Waals surface area contributed by atoms with Crippen LogP contribution in [0.1, 0.15) is 16.7 Å². The number of hydrogen-bond acceptors (Lipinski definition) is 4. The first-order valence-corrected chi connectivity index (χ1v) is 5.60.